The molecular formula is C28H32N6O3. The van der Waals surface area contributed by atoms with Crippen molar-refractivity contribution in [3.63, 3.8) is 0 Å². The van der Waals surface area contributed by atoms with Crippen LogP contribution in [0.15, 0.2) is 60.8 Å². The summed E-state index contributed by atoms with van der Waals surface area (Å²) in [7, 11) is 0. The summed E-state index contributed by atoms with van der Waals surface area (Å²) in [5.41, 5.74) is 3.83. The summed E-state index contributed by atoms with van der Waals surface area (Å²) < 4.78 is 5.33. The zero-order chi connectivity index (χ0) is 25.6. The number of nitrogens with one attached hydrogen (secondary N) is 3. The summed E-state index contributed by atoms with van der Waals surface area (Å²) in [4.78, 5) is 31.7. The second-order valence-electron chi connectivity index (χ2n) is 9.56. The van der Waals surface area contributed by atoms with E-state index in [0.29, 0.717) is 17.6 Å². The zero-order valence-corrected chi connectivity index (χ0v) is 20.9. The maximum absolute atomic E-state index is 12.8. The number of nitrogens with zero attached hydrogens (tertiary/aromatic N) is 3. The van der Waals surface area contributed by atoms with Crippen LogP contribution in [-0.4, -0.2) is 64.7 Å². The minimum Gasteiger partial charge on any atom is -0.379 e. The van der Waals surface area contributed by atoms with Crippen molar-refractivity contribution in [2.75, 3.05) is 43.5 Å². The fourth-order valence-electron chi connectivity index (χ4n) is 4.28. The molecule has 2 fully saturated rings. The molecule has 1 atom stereocenters. The van der Waals surface area contributed by atoms with E-state index in [1.807, 2.05) is 49.4 Å². The number of anilines is 2. The van der Waals surface area contributed by atoms with Crippen molar-refractivity contribution in [1.82, 2.24) is 20.1 Å². The first-order chi connectivity index (χ1) is 18.0. The molecule has 37 heavy (non-hydrogen) atoms. The lowest BCUT2D eigenvalue weighted by Crippen LogP contribution is -2.36. The van der Waals surface area contributed by atoms with E-state index in [2.05, 4.69) is 30.7 Å². The number of hydrogen-bond donors (Lipinski definition) is 3. The molecule has 1 saturated heterocycles. The highest BCUT2D eigenvalue weighted by atomic mass is 16.5. The van der Waals surface area contributed by atoms with Gasteiger partial charge in [0.2, 0.25) is 11.8 Å². The SMILES string of the molecule is CC(C(=O)Nc1cc(C2CC2)[nH]n1)c1cccc(-c2ccc(NC(=O)/C=C/CN3CCOCC3)nc2)c1. The first kappa shape index (κ1) is 24.9. The van der Waals surface area contributed by atoms with Gasteiger partial charge in [-0.05, 0) is 43.0 Å². The number of hydrogen-bond acceptors (Lipinski definition) is 6. The fourth-order valence-corrected chi connectivity index (χ4v) is 4.28. The number of rotatable bonds is 9. The molecule has 0 bridgehead atoms. The molecule has 3 N–H and O–H groups in total. The zero-order valence-electron chi connectivity index (χ0n) is 20.9. The molecule has 9 heteroatoms. The number of benzene rings is 1. The molecule has 1 saturated carbocycles. The molecule has 2 amide bonds. The minimum atomic E-state index is -0.350. The van der Waals surface area contributed by atoms with Gasteiger partial charge >= 0.3 is 0 Å². The van der Waals surface area contributed by atoms with E-state index in [1.165, 1.54) is 18.9 Å². The Morgan fingerprint density at radius 3 is 2.70 bits per heavy atom. The molecule has 3 aromatic rings. The normalized spacial score (nSPS) is 17.0. The van der Waals surface area contributed by atoms with Crippen LogP contribution in [0.2, 0.25) is 0 Å². The summed E-state index contributed by atoms with van der Waals surface area (Å²) in [6.45, 7) is 5.83. The van der Waals surface area contributed by atoms with E-state index in [4.69, 9.17) is 4.74 Å². The van der Waals surface area contributed by atoms with Crippen LogP contribution in [0.3, 0.4) is 0 Å². The number of carbonyl (C=O) groups excluding carboxylic acids is 2. The van der Waals surface area contributed by atoms with Gasteiger partial charge in [0.05, 0.1) is 19.1 Å². The van der Waals surface area contributed by atoms with Crippen LogP contribution in [0.5, 0.6) is 0 Å². The Kier molecular flexibility index (Phi) is 7.72. The van der Waals surface area contributed by atoms with Gasteiger partial charge in [-0.1, -0.05) is 30.3 Å². The van der Waals surface area contributed by atoms with Crippen LogP contribution < -0.4 is 10.6 Å². The van der Waals surface area contributed by atoms with Gasteiger partial charge in [-0.2, -0.15) is 5.10 Å². The molecular weight excluding hydrogens is 468 g/mol. The van der Waals surface area contributed by atoms with Crippen LogP contribution in [0.4, 0.5) is 11.6 Å². The first-order valence-electron chi connectivity index (χ1n) is 12.8. The summed E-state index contributed by atoms with van der Waals surface area (Å²) in [5.74, 6) is 0.931. The van der Waals surface area contributed by atoms with Crippen LogP contribution in [0.1, 0.15) is 42.9 Å². The molecule has 192 valence electrons. The third-order valence-electron chi connectivity index (χ3n) is 6.73. The van der Waals surface area contributed by atoms with Gasteiger partial charge < -0.3 is 15.4 Å². The van der Waals surface area contributed by atoms with E-state index in [9.17, 15) is 9.59 Å². The lowest BCUT2D eigenvalue weighted by atomic mass is 9.96. The lowest BCUT2D eigenvalue weighted by molar-refractivity contribution is -0.117. The summed E-state index contributed by atoms with van der Waals surface area (Å²) in [5, 5.41) is 12.9. The van der Waals surface area contributed by atoms with Crippen molar-refractivity contribution in [3.05, 3.63) is 72.1 Å². The fraction of sp³-hybridized carbons (Fsp3) is 0.357. The Morgan fingerprint density at radius 1 is 1.11 bits per heavy atom. The second kappa shape index (κ2) is 11.5. The van der Waals surface area contributed by atoms with Gasteiger partial charge in [-0.3, -0.25) is 19.6 Å². The monoisotopic (exact) mass is 500 g/mol. The largest absolute Gasteiger partial charge is 0.379 e. The summed E-state index contributed by atoms with van der Waals surface area (Å²) in [6, 6.07) is 13.5. The van der Waals surface area contributed by atoms with Crippen LogP contribution >= 0.6 is 0 Å². The number of pyridine rings is 1. The maximum Gasteiger partial charge on any atom is 0.249 e. The molecule has 1 aliphatic carbocycles. The molecule has 1 aromatic carbocycles. The summed E-state index contributed by atoms with van der Waals surface area (Å²) >= 11 is 0. The number of amides is 2. The van der Waals surface area contributed by atoms with E-state index >= 15 is 0 Å². The van der Waals surface area contributed by atoms with E-state index < -0.39 is 0 Å². The average Bonchev–Trinajstić information content (AvgIpc) is 3.68. The first-order valence-corrected chi connectivity index (χ1v) is 12.8. The van der Waals surface area contributed by atoms with Gasteiger partial charge in [-0.25, -0.2) is 4.98 Å². The number of aromatic nitrogens is 3. The highest BCUT2D eigenvalue weighted by Gasteiger charge is 2.26. The Bertz CT molecular complexity index is 1260. The van der Waals surface area contributed by atoms with Crippen molar-refractivity contribution >= 4 is 23.5 Å². The number of morpholine rings is 1. The Hall–Kier alpha value is -3.82. The lowest BCUT2D eigenvalue weighted by Gasteiger charge is -2.24. The predicted molar refractivity (Wildman–Crippen MR) is 142 cm³/mol. The van der Waals surface area contributed by atoms with Gasteiger partial charge in [0.1, 0.15) is 5.82 Å². The number of ether oxygens (including phenoxy) is 1. The van der Waals surface area contributed by atoms with Crippen LogP contribution in [-0.2, 0) is 14.3 Å². The van der Waals surface area contributed by atoms with E-state index in [0.717, 1.165) is 55.2 Å². The predicted octanol–water partition coefficient (Wildman–Crippen LogP) is 3.92. The molecule has 3 heterocycles. The van der Waals surface area contributed by atoms with Crippen LogP contribution in [0.25, 0.3) is 11.1 Å². The molecule has 2 aromatic heterocycles. The maximum atomic E-state index is 12.8. The van der Waals surface area contributed by atoms with Crippen LogP contribution in [0, 0.1) is 0 Å². The van der Waals surface area contributed by atoms with Crippen molar-refractivity contribution in [1.29, 1.82) is 0 Å². The smallest absolute Gasteiger partial charge is 0.249 e. The van der Waals surface area contributed by atoms with Gasteiger partial charge in [-0.15, -0.1) is 0 Å². The van der Waals surface area contributed by atoms with Gasteiger partial charge in [0, 0.05) is 55.1 Å². The molecule has 5 rings (SSSR count). The molecule has 1 aliphatic heterocycles. The van der Waals surface area contributed by atoms with Crippen molar-refractivity contribution < 1.29 is 14.3 Å². The van der Waals surface area contributed by atoms with E-state index in [1.54, 1.807) is 12.3 Å². The van der Waals surface area contributed by atoms with Gasteiger partial charge in [0.25, 0.3) is 0 Å². The van der Waals surface area contributed by atoms with Crippen molar-refractivity contribution in [2.24, 2.45) is 0 Å². The Labute approximate surface area is 216 Å². The van der Waals surface area contributed by atoms with E-state index in [-0.39, 0.29) is 17.7 Å². The average molecular weight is 501 g/mol. The quantitative estimate of drug-likeness (QED) is 0.384. The Balaban J connectivity index is 1.16. The molecule has 0 spiro atoms. The number of H-pyrrole nitrogens is 1. The molecule has 0 radical (unpaired) electrons. The Morgan fingerprint density at radius 2 is 1.95 bits per heavy atom. The second-order valence-corrected chi connectivity index (χ2v) is 9.56. The minimum absolute atomic E-state index is 0.108. The standard InChI is InChI=1S/C28H32N6O3/c1-19(28(36)31-26-17-24(32-33-26)20-7-8-20)21-4-2-5-22(16-21)23-9-10-25(29-18-23)30-27(35)6-3-11-34-12-14-37-15-13-34/h2-6,9-10,16-20H,7-8,11-15H2,1H3,(H,29,30,35)(H2,31,32,33,36)/b6-3+. The third kappa shape index (κ3) is 6.69. The van der Waals surface area contributed by atoms with Crippen molar-refractivity contribution in [2.45, 2.75) is 31.6 Å². The molecule has 2 aliphatic rings. The summed E-state index contributed by atoms with van der Waals surface area (Å²) in [6.07, 6.45) is 7.47. The number of aromatic amines is 1. The number of carbonyl (C=O) groups is 2. The molecule has 9 nitrogen and oxygen atoms in total. The molecule has 1 unspecified atom stereocenters. The highest BCUT2D eigenvalue weighted by molar-refractivity contribution is 5.98. The highest BCUT2D eigenvalue weighted by Crippen LogP contribution is 2.39. The van der Waals surface area contributed by atoms with Crippen molar-refractivity contribution in [3.8, 4) is 11.1 Å². The third-order valence-corrected chi connectivity index (χ3v) is 6.73. The van der Waals surface area contributed by atoms with Gasteiger partial charge in [0.15, 0.2) is 5.82 Å². The topological polar surface area (TPSA) is 112 Å².